The highest BCUT2D eigenvalue weighted by molar-refractivity contribution is 5.73. The van der Waals surface area contributed by atoms with Crippen molar-refractivity contribution < 1.29 is 4.79 Å². The number of nitrogens with zero attached hydrogens (tertiary/aromatic N) is 1. The summed E-state index contributed by atoms with van der Waals surface area (Å²) in [4.78, 5) is 13.3. The van der Waals surface area contributed by atoms with Crippen molar-refractivity contribution in [1.29, 1.82) is 0 Å². The molecule has 0 saturated carbocycles. The van der Waals surface area contributed by atoms with Crippen molar-refractivity contribution in [3.63, 3.8) is 0 Å². The van der Waals surface area contributed by atoms with E-state index in [0.717, 1.165) is 30.6 Å². The summed E-state index contributed by atoms with van der Waals surface area (Å²) in [7, 11) is 1.79. The second kappa shape index (κ2) is 6.78. The zero-order valence-corrected chi connectivity index (χ0v) is 10.6. The van der Waals surface area contributed by atoms with Crippen molar-refractivity contribution in [2.45, 2.75) is 26.3 Å². The average molecular weight is 235 g/mol. The van der Waals surface area contributed by atoms with Crippen LogP contribution in [0.3, 0.4) is 0 Å². The van der Waals surface area contributed by atoms with Gasteiger partial charge >= 0.3 is 6.03 Å². The number of anilines is 1. The molecule has 1 rings (SSSR count). The van der Waals surface area contributed by atoms with Crippen molar-refractivity contribution in [3.8, 4) is 0 Å². The van der Waals surface area contributed by atoms with Crippen LogP contribution in [0.5, 0.6) is 0 Å². The topological polar surface area (TPSA) is 58.4 Å². The Kier molecular flexibility index (Phi) is 5.33. The molecule has 0 aliphatic carbocycles. The van der Waals surface area contributed by atoms with Crippen molar-refractivity contribution in [1.82, 2.24) is 10.2 Å². The number of amides is 2. The SMILES string of the molecule is CCCCNC(=O)N(C)Cc1ccc(N)cc1. The summed E-state index contributed by atoms with van der Waals surface area (Å²) in [5.41, 5.74) is 7.42. The maximum atomic E-state index is 11.7. The third kappa shape index (κ3) is 4.76. The van der Waals surface area contributed by atoms with Crippen LogP contribution in [0.2, 0.25) is 0 Å². The van der Waals surface area contributed by atoms with E-state index in [0.29, 0.717) is 6.54 Å². The number of benzene rings is 1. The van der Waals surface area contributed by atoms with Gasteiger partial charge in [-0.1, -0.05) is 25.5 Å². The first-order valence-corrected chi connectivity index (χ1v) is 5.97. The highest BCUT2D eigenvalue weighted by Crippen LogP contribution is 2.07. The predicted molar refractivity (Wildman–Crippen MR) is 70.6 cm³/mol. The minimum atomic E-state index is -0.0322. The highest BCUT2D eigenvalue weighted by atomic mass is 16.2. The van der Waals surface area contributed by atoms with Crippen LogP contribution in [0, 0.1) is 0 Å². The Labute approximate surface area is 103 Å². The number of carbonyl (C=O) groups is 1. The van der Waals surface area contributed by atoms with Crippen LogP contribution in [-0.2, 0) is 6.54 Å². The van der Waals surface area contributed by atoms with Crippen LogP contribution >= 0.6 is 0 Å². The average Bonchev–Trinajstić information content (AvgIpc) is 2.32. The Morgan fingerprint density at radius 1 is 1.35 bits per heavy atom. The second-order valence-electron chi connectivity index (χ2n) is 4.18. The van der Waals surface area contributed by atoms with Gasteiger partial charge in [-0.05, 0) is 24.1 Å². The highest BCUT2D eigenvalue weighted by Gasteiger charge is 2.07. The predicted octanol–water partition coefficient (Wildman–Crippen LogP) is 2.21. The van der Waals surface area contributed by atoms with E-state index in [1.165, 1.54) is 0 Å². The standard InChI is InChI=1S/C13H21N3O/c1-3-4-9-15-13(17)16(2)10-11-5-7-12(14)8-6-11/h5-8H,3-4,9-10,14H2,1-2H3,(H,15,17). The lowest BCUT2D eigenvalue weighted by Crippen LogP contribution is -2.37. The van der Waals surface area contributed by atoms with Gasteiger partial charge in [-0.3, -0.25) is 0 Å². The first-order chi connectivity index (χ1) is 8.13. The molecule has 17 heavy (non-hydrogen) atoms. The quantitative estimate of drug-likeness (QED) is 0.607. The van der Waals surface area contributed by atoms with Crippen LogP contribution in [0.15, 0.2) is 24.3 Å². The smallest absolute Gasteiger partial charge is 0.317 e. The van der Waals surface area contributed by atoms with Gasteiger partial charge < -0.3 is 16.0 Å². The van der Waals surface area contributed by atoms with Crippen molar-refractivity contribution in [2.75, 3.05) is 19.3 Å². The van der Waals surface area contributed by atoms with Crippen molar-refractivity contribution >= 4 is 11.7 Å². The minimum Gasteiger partial charge on any atom is -0.399 e. The van der Waals surface area contributed by atoms with E-state index in [2.05, 4.69) is 12.2 Å². The summed E-state index contributed by atoms with van der Waals surface area (Å²) >= 11 is 0. The van der Waals surface area contributed by atoms with Crippen LogP contribution in [0.4, 0.5) is 10.5 Å². The molecule has 0 fully saturated rings. The first-order valence-electron chi connectivity index (χ1n) is 5.97. The summed E-state index contributed by atoms with van der Waals surface area (Å²) in [6.45, 7) is 3.43. The summed E-state index contributed by atoms with van der Waals surface area (Å²) in [5.74, 6) is 0. The largest absolute Gasteiger partial charge is 0.399 e. The molecule has 0 atom stereocenters. The molecule has 1 aromatic carbocycles. The molecule has 0 aliphatic heterocycles. The van der Waals surface area contributed by atoms with E-state index in [1.54, 1.807) is 11.9 Å². The van der Waals surface area contributed by atoms with E-state index in [9.17, 15) is 4.79 Å². The maximum Gasteiger partial charge on any atom is 0.317 e. The number of urea groups is 1. The lowest BCUT2D eigenvalue weighted by atomic mass is 10.2. The molecule has 0 radical (unpaired) electrons. The Bertz CT molecular complexity index is 348. The number of rotatable bonds is 5. The van der Waals surface area contributed by atoms with Gasteiger partial charge in [0, 0.05) is 25.8 Å². The zero-order chi connectivity index (χ0) is 12.7. The van der Waals surface area contributed by atoms with Crippen LogP contribution in [-0.4, -0.2) is 24.5 Å². The van der Waals surface area contributed by atoms with E-state index < -0.39 is 0 Å². The summed E-state index contributed by atoms with van der Waals surface area (Å²) in [5, 5.41) is 2.88. The summed E-state index contributed by atoms with van der Waals surface area (Å²) in [6, 6.07) is 7.53. The van der Waals surface area contributed by atoms with Crippen molar-refractivity contribution in [2.24, 2.45) is 0 Å². The van der Waals surface area contributed by atoms with Gasteiger partial charge in [0.1, 0.15) is 0 Å². The molecule has 4 nitrogen and oxygen atoms in total. The Morgan fingerprint density at radius 2 is 2.00 bits per heavy atom. The van der Waals surface area contributed by atoms with Gasteiger partial charge in [0.05, 0.1) is 0 Å². The third-order valence-electron chi connectivity index (χ3n) is 2.55. The first kappa shape index (κ1) is 13.4. The fourth-order valence-electron chi connectivity index (χ4n) is 1.48. The van der Waals surface area contributed by atoms with Crippen molar-refractivity contribution in [3.05, 3.63) is 29.8 Å². The zero-order valence-electron chi connectivity index (χ0n) is 10.6. The molecule has 0 aromatic heterocycles. The molecule has 0 spiro atoms. The summed E-state index contributed by atoms with van der Waals surface area (Å²) in [6.07, 6.45) is 2.10. The minimum absolute atomic E-state index is 0.0322. The number of unbranched alkanes of at least 4 members (excludes halogenated alkanes) is 1. The molecular formula is C13H21N3O. The normalized spacial score (nSPS) is 10.0. The van der Waals surface area contributed by atoms with E-state index in [-0.39, 0.29) is 6.03 Å². The number of nitrogens with one attached hydrogen (secondary N) is 1. The molecule has 0 bridgehead atoms. The molecule has 94 valence electrons. The Balaban J connectivity index is 2.40. The fourth-order valence-corrected chi connectivity index (χ4v) is 1.48. The van der Waals surface area contributed by atoms with Crippen LogP contribution < -0.4 is 11.1 Å². The molecule has 2 amide bonds. The Morgan fingerprint density at radius 3 is 2.59 bits per heavy atom. The summed E-state index contributed by atoms with van der Waals surface area (Å²) < 4.78 is 0. The molecule has 1 aromatic rings. The number of hydrogen-bond acceptors (Lipinski definition) is 2. The van der Waals surface area contributed by atoms with Crippen LogP contribution in [0.25, 0.3) is 0 Å². The molecule has 0 saturated heterocycles. The van der Waals surface area contributed by atoms with Crippen LogP contribution in [0.1, 0.15) is 25.3 Å². The number of carbonyl (C=O) groups excluding carboxylic acids is 1. The monoisotopic (exact) mass is 235 g/mol. The van der Waals surface area contributed by atoms with E-state index in [1.807, 2.05) is 24.3 Å². The second-order valence-corrected chi connectivity index (χ2v) is 4.18. The third-order valence-corrected chi connectivity index (χ3v) is 2.55. The van der Waals surface area contributed by atoms with E-state index >= 15 is 0 Å². The molecule has 4 heteroatoms. The number of nitrogen functional groups attached to an aromatic ring is 1. The van der Waals surface area contributed by atoms with Gasteiger partial charge in [0.15, 0.2) is 0 Å². The number of hydrogen-bond donors (Lipinski definition) is 2. The molecular weight excluding hydrogens is 214 g/mol. The van der Waals surface area contributed by atoms with Gasteiger partial charge in [0.25, 0.3) is 0 Å². The van der Waals surface area contributed by atoms with Gasteiger partial charge in [-0.15, -0.1) is 0 Å². The molecule has 0 unspecified atom stereocenters. The fraction of sp³-hybridized carbons (Fsp3) is 0.462. The number of nitrogens with two attached hydrogens (primary N) is 1. The maximum absolute atomic E-state index is 11.7. The molecule has 0 aliphatic rings. The van der Waals surface area contributed by atoms with Gasteiger partial charge in [-0.25, -0.2) is 4.79 Å². The van der Waals surface area contributed by atoms with Gasteiger partial charge in [0.2, 0.25) is 0 Å². The lowest BCUT2D eigenvalue weighted by Gasteiger charge is -2.18. The van der Waals surface area contributed by atoms with E-state index in [4.69, 9.17) is 5.73 Å². The molecule has 3 N–H and O–H groups in total. The molecule has 0 heterocycles. The Hall–Kier alpha value is -1.71. The lowest BCUT2D eigenvalue weighted by molar-refractivity contribution is 0.207. The van der Waals surface area contributed by atoms with Gasteiger partial charge in [-0.2, -0.15) is 0 Å².